The Balaban J connectivity index is 1.83. The van der Waals surface area contributed by atoms with E-state index in [-0.39, 0.29) is 5.60 Å². The molecule has 17 heavy (non-hydrogen) atoms. The highest BCUT2D eigenvalue weighted by atomic mass is 16.7. The minimum atomic E-state index is -0.0629. The Labute approximate surface area is 105 Å². The van der Waals surface area contributed by atoms with Crippen LogP contribution in [0.5, 0.6) is 0 Å². The van der Waals surface area contributed by atoms with E-state index in [1.165, 1.54) is 32.1 Å². The third-order valence-corrected chi connectivity index (χ3v) is 4.02. The van der Waals surface area contributed by atoms with Crippen LogP contribution in [0.25, 0.3) is 0 Å². The van der Waals surface area contributed by atoms with Crippen molar-refractivity contribution in [3.05, 3.63) is 23.9 Å². The predicted octanol–water partition coefficient (Wildman–Crippen LogP) is 4.10. The van der Waals surface area contributed by atoms with Crippen molar-refractivity contribution in [2.45, 2.75) is 64.4 Å². The van der Waals surface area contributed by atoms with E-state index < -0.39 is 0 Å². The minimum Gasteiger partial charge on any atom is -0.270 e. The average Bonchev–Trinajstić information content (AvgIpc) is 2.39. The Hall–Kier alpha value is -0.760. The van der Waals surface area contributed by atoms with Gasteiger partial charge < -0.3 is 0 Å². The number of hydrogen-bond donors (Lipinski definition) is 1. The van der Waals surface area contributed by atoms with Crippen LogP contribution in [0.3, 0.4) is 0 Å². The van der Waals surface area contributed by atoms with Gasteiger partial charge in [-0.15, -0.1) is 0 Å². The fourth-order valence-corrected chi connectivity index (χ4v) is 2.76. The number of allylic oxidation sites excluding steroid dienone is 3. The van der Waals surface area contributed by atoms with E-state index in [0.717, 1.165) is 18.5 Å². The summed E-state index contributed by atoms with van der Waals surface area (Å²) in [6, 6.07) is 0. The van der Waals surface area contributed by atoms with Crippen molar-refractivity contribution in [3.8, 4) is 0 Å². The summed E-state index contributed by atoms with van der Waals surface area (Å²) in [6.07, 6.45) is 15.5. The second-order valence-corrected chi connectivity index (χ2v) is 5.78. The summed E-state index contributed by atoms with van der Waals surface area (Å²) >= 11 is 0. The maximum Gasteiger partial charge on any atom is 0.0932 e. The molecule has 0 saturated heterocycles. The average molecular weight is 235 g/mol. The second kappa shape index (κ2) is 5.72. The molecule has 2 aliphatic carbocycles. The lowest BCUT2D eigenvalue weighted by atomic mass is 9.79. The SMILES string of the molecule is CC(C)(ONC1=CCCC=C1)C1CCCCC1. The van der Waals surface area contributed by atoms with Crippen LogP contribution in [0, 0.1) is 5.92 Å². The number of nitrogens with one attached hydrogen (secondary N) is 1. The first-order chi connectivity index (χ1) is 8.18. The van der Waals surface area contributed by atoms with E-state index in [0.29, 0.717) is 5.92 Å². The van der Waals surface area contributed by atoms with Crippen LogP contribution in [0.4, 0.5) is 0 Å². The third kappa shape index (κ3) is 3.60. The maximum atomic E-state index is 5.94. The van der Waals surface area contributed by atoms with E-state index >= 15 is 0 Å². The Morgan fingerprint density at radius 2 is 1.94 bits per heavy atom. The third-order valence-electron chi connectivity index (χ3n) is 4.02. The van der Waals surface area contributed by atoms with E-state index in [9.17, 15) is 0 Å². The van der Waals surface area contributed by atoms with Crippen molar-refractivity contribution in [2.75, 3.05) is 0 Å². The van der Waals surface area contributed by atoms with Crippen LogP contribution in [0.2, 0.25) is 0 Å². The quantitative estimate of drug-likeness (QED) is 0.741. The molecular weight excluding hydrogens is 210 g/mol. The molecule has 0 aliphatic heterocycles. The van der Waals surface area contributed by atoms with E-state index in [1.54, 1.807) is 0 Å². The largest absolute Gasteiger partial charge is 0.270 e. The van der Waals surface area contributed by atoms with Crippen LogP contribution in [0.1, 0.15) is 58.8 Å². The van der Waals surface area contributed by atoms with Crippen LogP contribution >= 0.6 is 0 Å². The summed E-state index contributed by atoms with van der Waals surface area (Å²) in [4.78, 5) is 5.94. The van der Waals surface area contributed by atoms with Gasteiger partial charge in [-0.3, -0.25) is 10.3 Å². The van der Waals surface area contributed by atoms with Gasteiger partial charge in [-0.05, 0) is 51.5 Å². The Morgan fingerprint density at radius 3 is 2.59 bits per heavy atom. The zero-order chi connectivity index (χ0) is 12.1. The molecule has 2 rings (SSSR count). The molecule has 0 atom stereocenters. The van der Waals surface area contributed by atoms with Crippen LogP contribution in [0.15, 0.2) is 23.9 Å². The predicted molar refractivity (Wildman–Crippen MR) is 71.3 cm³/mol. The molecule has 0 spiro atoms. The van der Waals surface area contributed by atoms with Crippen molar-refractivity contribution in [3.63, 3.8) is 0 Å². The molecule has 2 nitrogen and oxygen atoms in total. The Kier molecular flexibility index (Phi) is 4.27. The molecular formula is C15H25NO. The van der Waals surface area contributed by atoms with Gasteiger partial charge in [0, 0.05) is 0 Å². The first kappa shape index (κ1) is 12.7. The molecule has 0 bridgehead atoms. The highest BCUT2D eigenvalue weighted by Crippen LogP contribution is 2.34. The van der Waals surface area contributed by atoms with Gasteiger partial charge in [0.05, 0.1) is 11.3 Å². The van der Waals surface area contributed by atoms with Crippen LogP contribution < -0.4 is 5.48 Å². The monoisotopic (exact) mass is 235 g/mol. The molecule has 0 unspecified atom stereocenters. The molecule has 0 amide bonds. The van der Waals surface area contributed by atoms with Gasteiger partial charge in [-0.25, -0.2) is 0 Å². The van der Waals surface area contributed by atoms with E-state index in [4.69, 9.17) is 4.84 Å². The van der Waals surface area contributed by atoms with Crippen molar-refractivity contribution in [1.29, 1.82) is 0 Å². The zero-order valence-corrected chi connectivity index (χ0v) is 11.2. The lowest BCUT2D eigenvalue weighted by Crippen LogP contribution is -2.40. The molecule has 1 saturated carbocycles. The highest BCUT2D eigenvalue weighted by molar-refractivity contribution is 5.19. The van der Waals surface area contributed by atoms with Gasteiger partial charge in [0.15, 0.2) is 0 Å². The lowest BCUT2D eigenvalue weighted by molar-refractivity contribution is -0.112. The summed E-state index contributed by atoms with van der Waals surface area (Å²) in [7, 11) is 0. The second-order valence-electron chi connectivity index (χ2n) is 5.78. The van der Waals surface area contributed by atoms with E-state index in [2.05, 4.69) is 37.6 Å². The first-order valence-corrected chi connectivity index (χ1v) is 6.99. The Bertz CT molecular complexity index is 298. The molecule has 96 valence electrons. The fourth-order valence-electron chi connectivity index (χ4n) is 2.76. The highest BCUT2D eigenvalue weighted by Gasteiger charge is 2.32. The molecule has 0 aromatic heterocycles. The molecule has 2 heteroatoms. The first-order valence-electron chi connectivity index (χ1n) is 6.99. The zero-order valence-electron chi connectivity index (χ0n) is 11.2. The molecule has 0 aromatic carbocycles. The molecule has 0 aromatic rings. The number of hydrogen-bond acceptors (Lipinski definition) is 2. The maximum absolute atomic E-state index is 5.94. The molecule has 2 aliphatic rings. The summed E-state index contributed by atoms with van der Waals surface area (Å²) in [6.45, 7) is 4.42. The van der Waals surface area contributed by atoms with Gasteiger partial charge >= 0.3 is 0 Å². The van der Waals surface area contributed by atoms with Crippen LogP contribution in [-0.2, 0) is 4.84 Å². The summed E-state index contributed by atoms with van der Waals surface area (Å²) in [5.41, 5.74) is 4.18. The molecule has 0 heterocycles. The van der Waals surface area contributed by atoms with E-state index in [1.807, 2.05) is 0 Å². The van der Waals surface area contributed by atoms with Gasteiger partial charge in [-0.1, -0.05) is 31.4 Å². The minimum absolute atomic E-state index is 0.0629. The lowest BCUT2D eigenvalue weighted by Gasteiger charge is -2.36. The van der Waals surface area contributed by atoms with Crippen molar-refractivity contribution >= 4 is 0 Å². The Morgan fingerprint density at radius 1 is 1.18 bits per heavy atom. The number of rotatable bonds is 4. The normalized spacial score (nSPS) is 22.4. The van der Waals surface area contributed by atoms with Gasteiger partial charge in [0.25, 0.3) is 0 Å². The van der Waals surface area contributed by atoms with Crippen molar-refractivity contribution in [1.82, 2.24) is 5.48 Å². The molecule has 1 N–H and O–H groups in total. The van der Waals surface area contributed by atoms with Gasteiger partial charge in [0.1, 0.15) is 0 Å². The molecule has 1 fully saturated rings. The summed E-state index contributed by atoms with van der Waals surface area (Å²) in [5, 5.41) is 0. The van der Waals surface area contributed by atoms with Crippen molar-refractivity contribution < 1.29 is 4.84 Å². The topological polar surface area (TPSA) is 21.3 Å². The molecule has 0 radical (unpaired) electrons. The number of hydroxylamine groups is 1. The van der Waals surface area contributed by atoms with Gasteiger partial charge in [0.2, 0.25) is 0 Å². The summed E-state index contributed by atoms with van der Waals surface area (Å²) < 4.78 is 0. The fraction of sp³-hybridized carbons (Fsp3) is 0.733. The van der Waals surface area contributed by atoms with Crippen molar-refractivity contribution in [2.24, 2.45) is 5.92 Å². The smallest absolute Gasteiger partial charge is 0.0932 e. The standard InChI is InChI=1S/C15H25NO/c1-15(2,13-9-5-3-6-10-13)17-16-14-11-7-4-8-12-14/h7,11-13,16H,3-6,8-10H2,1-2H3. The van der Waals surface area contributed by atoms with Gasteiger partial charge in [-0.2, -0.15) is 0 Å². The van der Waals surface area contributed by atoms with Crippen LogP contribution in [-0.4, -0.2) is 5.60 Å². The summed E-state index contributed by atoms with van der Waals surface area (Å²) in [5.74, 6) is 0.692.